The Kier molecular flexibility index (Phi) is 4.23. The largest absolute Gasteiger partial charge is 0.337 e. The number of amides is 1. The minimum Gasteiger partial charge on any atom is -0.337 e. The predicted molar refractivity (Wildman–Crippen MR) is 86.4 cm³/mol. The van der Waals surface area contributed by atoms with Gasteiger partial charge in [-0.15, -0.1) is 11.6 Å². The standard InChI is InChI=1S/C17H23ClN2O/c1-12-5-6-15-13(10-12)14-11-19(2)9-7-16(14)20(15)17(21)4-3-8-18/h5-6,10,14,16H,3-4,7-9,11H2,1-2H3/p+1/t14-,16+/m1/s1. The third kappa shape index (κ3) is 2.69. The summed E-state index contributed by atoms with van der Waals surface area (Å²) < 4.78 is 0. The van der Waals surface area contributed by atoms with Gasteiger partial charge in [-0.25, -0.2) is 0 Å². The number of carbonyl (C=O) groups excluding carboxylic acids is 1. The van der Waals surface area contributed by atoms with E-state index in [1.54, 1.807) is 4.90 Å². The number of alkyl halides is 1. The first-order chi connectivity index (χ1) is 10.1. The third-order valence-electron chi connectivity index (χ3n) is 4.87. The highest BCUT2D eigenvalue weighted by Gasteiger charge is 2.45. The third-order valence-corrected chi connectivity index (χ3v) is 5.13. The highest BCUT2D eigenvalue weighted by molar-refractivity contribution is 6.18. The van der Waals surface area contributed by atoms with Gasteiger partial charge in [0.05, 0.1) is 32.1 Å². The number of hydrogen-bond donors (Lipinski definition) is 1. The van der Waals surface area contributed by atoms with Crippen LogP contribution in [0.15, 0.2) is 18.2 Å². The van der Waals surface area contributed by atoms with Crippen molar-refractivity contribution in [2.75, 3.05) is 30.9 Å². The van der Waals surface area contributed by atoms with Gasteiger partial charge < -0.3 is 9.80 Å². The molecule has 1 aromatic rings. The number of piperidine rings is 1. The molecule has 0 saturated carbocycles. The van der Waals surface area contributed by atoms with Crippen molar-refractivity contribution in [3.05, 3.63) is 29.3 Å². The first-order valence-electron chi connectivity index (χ1n) is 7.91. The number of aryl methyl sites for hydroxylation is 1. The van der Waals surface area contributed by atoms with Crippen LogP contribution in [0, 0.1) is 6.92 Å². The Morgan fingerprint density at radius 2 is 2.29 bits per heavy atom. The molecule has 2 aliphatic rings. The zero-order valence-electron chi connectivity index (χ0n) is 12.9. The molecule has 21 heavy (non-hydrogen) atoms. The summed E-state index contributed by atoms with van der Waals surface area (Å²) >= 11 is 5.76. The van der Waals surface area contributed by atoms with Gasteiger partial charge in [-0.1, -0.05) is 17.7 Å². The molecule has 3 rings (SSSR count). The number of fused-ring (bicyclic) bond motifs is 3. The fraction of sp³-hybridized carbons (Fsp3) is 0.588. The number of carbonyl (C=O) groups is 1. The summed E-state index contributed by atoms with van der Waals surface area (Å²) in [6, 6.07) is 6.89. The molecule has 3 nitrogen and oxygen atoms in total. The second kappa shape index (κ2) is 5.98. The van der Waals surface area contributed by atoms with Crippen LogP contribution in [0.1, 0.15) is 36.3 Å². The van der Waals surface area contributed by atoms with Crippen molar-refractivity contribution in [2.24, 2.45) is 0 Å². The molecule has 114 valence electrons. The average Bonchev–Trinajstić information content (AvgIpc) is 2.78. The van der Waals surface area contributed by atoms with Crippen LogP contribution < -0.4 is 9.80 Å². The number of likely N-dealkylation sites (N-methyl/N-ethyl adjacent to an activating group) is 1. The molecule has 0 aromatic heterocycles. The molecule has 0 bridgehead atoms. The second-order valence-electron chi connectivity index (χ2n) is 6.49. The molecular formula is C17H24ClN2O+. The number of hydrogen-bond acceptors (Lipinski definition) is 1. The van der Waals surface area contributed by atoms with Crippen molar-refractivity contribution in [1.82, 2.24) is 0 Å². The maximum absolute atomic E-state index is 12.6. The average molecular weight is 308 g/mol. The minimum atomic E-state index is 0.243. The van der Waals surface area contributed by atoms with E-state index in [9.17, 15) is 4.79 Å². The van der Waals surface area contributed by atoms with Gasteiger partial charge in [0.2, 0.25) is 5.91 Å². The predicted octanol–water partition coefficient (Wildman–Crippen LogP) is 1.73. The van der Waals surface area contributed by atoms with Gasteiger partial charge in [-0.3, -0.25) is 4.79 Å². The summed E-state index contributed by atoms with van der Waals surface area (Å²) in [5.41, 5.74) is 3.80. The minimum absolute atomic E-state index is 0.243. The molecule has 1 fully saturated rings. The van der Waals surface area contributed by atoms with E-state index >= 15 is 0 Å². The summed E-state index contributed by atoms with van der Waals surface area (Å²) in [7, 11) is 2.25. The number of nitrogens with zero attached hydrogens (tertiary/aromatic N) is 1. The molecule has 1 unspecified atom stereocenters. The summed E-state index contributed by atoms with van der Waals surface area (Å²) in [5.74, 6) is 1.29. The van der Waals surface area contributed by atoms with Crippen LogP contribution in [0.25, 0.3) is 0 Å². The first kappa shape index (κ1) is 14.9. The number of halogens is 1. The van der Waals surface area contributed by atoms with Crippen molar-refractivity contribution in [1.29, 1.82) is 0 Å². The van der Waals surface area contributed by atoms with Crippen LogP contribution >= 0.6 is 11.6 Å². The molecule has 2 aliphatic heterocycles. The van der Waals surface area contributed by atoms with Crippen molar-refractivity contribution < 1.29 is 9.69 Å². The highest BCUT2D eigenvalue weighted by atomic mass is 35.5. The zero-order chi connectivity index (χ0) is 15.0. The van der Waals surface area contributed by atoms with Crippen LogP contribution in [0.4, 0.5) is 5.69 Å². The normalized spacial score (nSPS) is 27.4. The van der Waals surface area contributed by atoms with Crippen molar-refractivity contribution in [3.63, 3.8) is 0 Å². The Labute approximate surface area is 131 Å². The maximum Gasteiger partial charge on any atom is 0.227 e. The lowest BCUT2D eigenvalue weighted by atomic mass is 9.89. The summed E-state index contributed by atoms with van der Waals surface area (Å²) in [6.07, 6.45) is 2.42. The van der Waals surface area contributed by atoms with Gasteiger partial charge in [-0.05, 0) is 25.0 Å². The van der Waals surface area contributed by atoms with E-state index < -0.39 is 0 Å². The van der Waals surface area contributed by atoms with Gasteiger partial charge in [0, 0.05) is 24.4 Å². The van der Waals surface area contributed by atoms with E-state index in [-0.39, 0.29) is 5.91 Å². The molecule has 1 aromatic carbocycles. The molecule has 1 N–H and O–H groups in total. The smallest absolute Gasteiger partial charge is 0.227 e. The number of quaternary nitrogens is 1. The summed E-state index contributed by atoms with van der Waals surface area (Å²) in [4.78, 5) is 16.3. The van der Waals surface area contributed by atoms with E-state index in [2.05, 4.69) is 37.1 Å². The Bertz CT molecular complexity index is 546. The van der Waals surface area contributed by atoms with E-state index in [1.165, 1.54) is 11.1 Å². The van der Waals surface area contributed by atoms with Gasteiger partial charge in [0.1, 0.15) is 0 Å². The van der Waals surface area contributed by atoms with Crippen LogP contribution in [0.2, 0.25) is 0 Å². The SMILES string of the molecule is Cc1ccc2c(c1)[C@H]1C[NH+](C)CC[C@@H]1N2C(=O)CCCCl. The molecule has 4 heteroatoms. The molecule has 1 saturated heterocycles. The molecular weight excluding hydrogens is 284 g/mol. The van der Waals surface area contributed by atoms with Crippen LogP contribution in [0.5, 0.6) is 0 Å². The Hall–Kier alpha value is -1.06. The van der Waals surface area contributed by atoms with Crippen LogP contribution in [-0.4, -0.2) is 38.0 Å². The van der Waals surface area contributed by atoms with E-state index in [1.807, 2.05) is 0 Å². The fourth-order valence-electron chi connectivity index (χ4n) is 3.86. The molecule has 3 atom stereocenters. The van der Waals surface area contributed by atoms with E-state index in [4.69, 9.17) is 11.6 Å². The van der Waals surface area contributed by atoms with Crippen molar-refractivity contribution >= 4 is 23.2 Å². The van der Waals surface area contributed by atoms with Crippen molar-refractivity contribution in [3.8, 4) is 0 Å². The lowest BCUT2D eigenvalue weighted by Gasteiger charge is -2.34. The van der Waals surface area contributed by atoms with Crippen LogP contribution in [0.3, 0.4) is 0 Å². The summed E-state index contributed by atoms with van der Waals surface area (Å²) in [5, 5.41) is 0. The number of rotatable bonds is 3. The quantitative estimate of drug-likeness (QED) is 0.845. The molecule has 0 spiro atoms. The first-order valence-corrected chi connectivity index (χ1v) is 8.45. The lowest BCUT2D eigenvalue weighted by molar-refractivity contribution is -0.886. The maximum atomic E-state index is 12.6. The second-order valence-corrected chi connectivity index (χ2v) is 6.87. The number of benzene rings is 1. The Morgan fingerprint density at radius 3 is 3.05 bits per heavy atom. The van der Waals surface area contributed by atoms with Gasteiger partial charge >= 0.3 is 0 Å². The van der Waals surface area contributed by atoms with Crippen molar-refractivity contribution in [2.45, 2.75) is 38.1 Å². The lowest BCUT2D eigenvalue weighted by Crippen LogP contribution is -3.11. The number of nitrogens with one attached hydrogen (secondary N) is 1. The van der Waals surface area contributed by atoms with E-state index in [0.29, 0.717) is 24.3 Å². The molecule has 0 aliphatic carbocycles. The number of likely N-dealkylation sites (tertiary alicyclic amines) is 1. The number of anilines is 1. The highest BCUT2D eigenvalue weighted by Crippen LogP contribution is 2.43. The fourth-order valence-corrected chi connectivity index (χ4v) is 4.00. The Balaban J connectivity index is 1.95. The van der Waals surface area contributed by atoms with Crippen LogP contribution in [-0.2, 0) is 4.79 Å². The van der Waals surface area contributed by atoms with Gasteiger partial charge in [0.15, 0.2) is 0 Å². The topological polar surface area (TPSA) is 24.8 Å². The summed E-state index contributed by atoms with van der Waals surface area (Å²) in [6.45, 7) is 4.40. The zero-order valence-corrected chi connectivity index (χ0v) is 13.6. The van der Waals surface area contributed by atoms with Gasteiger partial charge in [-0.2, -0.15) is 0 Å². The van der Waals surface area contributed by atoms with E-state index in [0.717, 1.165) is 31.6 Å². The monoisotopic (exact) mass is 307 g/mol. The van der Waals surface area contributed by atoms with Gasteiger partial charge in [0.25, 0.3) is 0 Å². The molecule has 0 radical (unpaired) electrons. The molecule has 2 heterocycles. The Morgan fingerprint density at radius 1 is 1.48 bits per heavy atom. The molecule has 1 amide bonds.